The third kappa shape index (κ3) is 5.19. The molecule has 6 heteroatoms. The number of nitrogens with zero attached hydrogens (tertiary/aromatic N) is 1. The number of anilines is 1. The molecule has 164 valence electrons. The van der Waals surface area contributed by atoms with Crippen LogP contribution in [0.4, 0.5) is 5.69 Å². The maximum atomic E-state index is 12.8. The van der Waals surface area contributed by atoms with E-state index < -0.39 is 0 Å². The fourth-order valence-electron chi connectivity index (χ4n) is 4.38. The lowest BCUT2D eigenvalue weighted by Gasteiger charge is -2.31. The van der Waals surface area contributed by atoms with Crippen LogP contribution in [0, 0.1) is 5.92 Å². The molecule has 0 radical (unpaired) electrons. The molecule has 0 bridgehead atoms. The van der Waals surface area contributed by atoms with Gasteiger partial charge in [-0.05, 0) is 62.8 Å². The molecule has 2 fully saturated rings. The number of hydrogen-bond acceptors (Lipinski definition) is 4. The Morgan fingerprint density at radius 1 is 0.935 bits per heavy atom. The van der Waals surface area contributed by atoms with E-state index in [0.29, 0.717) is 48.7 Å². The van der Waals surface area contributed by atoms with Crippen LogP contribution in [0.15, 0.2) is 48.5 Å². The van der Waals surface area contributed by atoms with Gasteiger partial charge in [-0.25, -0.2) is 0 Å². The van der Waals surface area contributed by atoms with Crippen molar-refractivity contribution >= 4 is 17.5 Å². The number of carbonyl (C=O) groups excluding carboxylic acids is 2. The highest BCUT2D eigenvalue weighted by molar-refractivity contribution is 5.95. The van der Waals surface area contributed by atoms with Crippen LogP contribution < -0.4 is 14.8 Å². The highest BCUT2D eigenvalue weighted by Crippen LogP contribution is 2.34. The summed E-state index contributed by atoms with van der Waals surface area (Å²) in [6, 6.07) is 14.8. The third-order valence-electron chi connectivity index (χ3n) is 6.20. The minimum Gasteiger partial charge on any atom is -0.493 e. The van der Waals surface area contributed by atoms with E-state index in [1.165, 1.54) is 12.8 Å². The van der Waals surface area contributed by atoms with E-state index in [1.807, 2.05) is 53.4 Å². The average molecular weight is 423 g/mol. The molecule has 0 aromatic heterocycles. The van der Waals surface area contributed by atoms with Crippen molar-refractivity contribution < 1.29 is 19.1 Å². The molecule has 31 heavy (non-hydrogen) atoms. The van der Waals surface area contributed by atoms with Crippen molar-refractivity contribution in [3.63, 3.8) is 0 Å². The quantitative estimate of drug-likeness (QED) is 0.744. The molecule has 1 saturated carbocycles. The highest BCUT2D eigenvalue weighted by Gasteiger charge is 2.28. The van der Waals surface area contributed by atoms with Crippen LogP contribution in [0.2, 0.25) is 0 Å². The van der Waals surface area contributed by atoms with Crippen molar-refractivity contribution in [2.24, 2.45) is 5.92 Å². The Balaban J connectivity index is 1.34. The van der Waals surface area contributed by atoms with Gasteiger partial charge in [0.05, 0.1) is 13.2 Å². The van der Waals surface area contributed by atoms with Gasteiger partial charge in [-0.1, -0.05) is 18.2 Å². The number of hydrogen-bond donors (Lipinski definition) is 1. The van der Waals surface area contributed by atoms with Gasteiger partial charge in [-0.15, -0.1) is 0 Å². The van der Waals surface area contributed by atoms with Crippen molar-refractivity contribution in [1.29, 1.82) is 0 Å². The third-order valence-corrected chi connectivity index (χ3v) is 6.20. The van der Waals surface area contributed by atoms with Gasteiger partial charge < -0.3 is 19.7 Å². The standard InChI is InChI=1S/C25H30N2O4/c1-30-22-12-11-20(17-23(22)31-21-9-5-6-10-21)26-24(28)18-13-15-27(16-14-18)25(29)19-7-3-2-4-8-19/h2-4,7-8,11-12,17-18,21H,5-6,9-10,13-16H2,1H3,(H,26,28). The predicted molar refractivity (Wildman–Crippen MR) is 120 cm³/mol. The smallest absolute Gasteiger partial charge is 0.253 e. The molecule has 1 saturated heterocycles. The number of nitrogens with one attached hydrogen (secondary N) is 1. The molecule has 1 aliphatic heterocycles. The molecule has 0 atom stereocenters. The zero-order valence-corrected chi connectivity index (χ0v) is 18.0. The Hall–Kier alpha value is -3.02. The van der Waals surface area contributed by atoms with Crippen LogP contribution in [0.25, 0.3) is 0 Å². The first-order valence-electron chi connectivity index (χ1n) is 11.1. The van der Waals surface area contributed by atoms with Crippen molar-refractivity contribution in [1.82, 2.24) is 4.90 Å². The number of rotatable bonds is 6. The van der Waals surface area contributed by atoms with E-state index in [1.54, 1.807) is 7.11 Å². The summed E-state index contributed by atoms with van der Waals surface area (Å²) in [5.74, 6) is 1.27. The summed E-state index contributed by atoms with van der Waals surface area (Å²) in [6.45, 7) is 1.18. The topological polar surface area (TPSA) is 67.9 Å². The van der Waals surface area contributed by atoms with E-state index in [0.717, 1.165) is 12.8 Å². The molecular formula is C25H30N2O4. The Bertz CT molecular complexity index is 901. The molecular weight excluding hydrogens is 392 g/mol. The Labute approximate surface area is 183 Å². The lowest BCUT2D eigenvalue weighted by Crippen LogP contribution is -2.41. The minimum absolute atomic E-state index is 0.0104. The molecule has 0 spiro atoms. The molecule has 4 rings (SSSR count). The van der Waals surface area contributed by atoms with Crippen molar-refractivity contribution in [2.75, 3.05) is 25.5 Å². The van der Waals surface area contributed by atoms with E-state index in [2.05, 4.69) is 5.32 Å². The summed E-state index contributed by atoms with van der Waals surface area (Å²) in [5.41, 5.74) is 1.40. The Kier molecular flexibility index (Phi) is 6.75. The number of carbonyl (C=O) groups is 2. The maximum absolute atomic E-state index is 12.8. The van der Waals surface area contributed by atoms with Gasteiger partial charge >= 0.3 is 0 Å². The van der Waals surface area contributed by atoms with Gasteiger partial charge in [-0.3, -0.25) is 9.59 Å². The van der Waals surface area contributed by atoms with Gasteiger partial charge in [0.25, 0.3) is 5.91 Å². The van der Waals surface area contributed by atoms with Gasteiger partial charge in [0, 0.05) is 36.3 Å². The van der Waals surface area contributed by atoms with E-state index in [4.69, 9.17) is 9.47 Å². The second kappa shape index (κ2) is 9.86. The molecule has 1 heterocycles. The zero-order chi connectivity index (χ0) is 21.6. The average Bonchev–Trinajstić information content (AvgIpc) is 3.32. The van der Waals surface area contributed by atoms with Crippen LogP contribution in [0.3, 0.4) is 0 Å². The summed E-state index contributed by atoms with van der Waals surface area (Å²) in [4.78, 5) is 27.3. The fourth-order valence-corrected chi connectivity index (χ4v) is 4.38. The van der Waals surface area contributed by atoms with Gasteiger partial charge in [0.2, 0.25) is 5.91 Å². The van der Waals surface area contributed by atoms with Gasteiger partial charge in [-0.2, -0.15) is 0 Å². The monoisotopic (exact) mass is 422 g/mol. The van der Waals surface area contributed by atoms with Crippen LogP contribution in [-0.4, -0.2) is 43.0 Å². The molecule has 2 aromatic rings. The zero-order valence-electron chi connectivity index (χ0n) is 18.0. The summed E-state index contributed by atoms with van der Waals surface area (Å²) in [7, 11) is 1.62. The first-order valence-corrected chi connectivity index (χ1v) is 11.1. The van der Waals surface area contributed by atoms with Crippen LogP contribution >= 0.6 is 0 Å². The van der Waals surface area contributed by atoms with Crippen LogP contribution in [0.5, 0.6) is 11.5 Å². The summed E-state index contributed by atoms with van der Waals surface area (Å²) in [6.07, 6.45) is 6.02. The van der Waals surface area contributed by atoms with Gasteiger partial charge in [0.15, 0.2) is 11.5 Å². The van der Waals surface area contributed by atoms with Crippen molar-refractivity contribution in [2.45, 2.75) is 44.6 Å². The number of amides is 2. The van der Waals surface area contributed by atoms with Gasteiger partial charge in [0.1, 0.15) is 0 Å². The molecule has 1 aliphatic carbocycles. The largest absolute Gasteiger partial charge is 0.493 e. The number of ether oxygens (including phenoxy) is 2. The van der Waals surface area contributed by atoms with E-state index in [9.17, 15) is 9.59 Å². The molecule has 0 unspecified atom stereocenters. The fraction of sp³-hybridized carbons (Fsp3) is 0.440. The SMILES string of the molecule is COc1ccc(NC(=O)C2CCN(C(=O)c3ccccc3)CC2)cc1OC1CCCC1. The minimum atomic E-state index is -0.110. The first kappa shape index (κ1) is 21.2. The lowest BCUT2D eigenvalue weighted by molar-refractivity contribution is -0.121. The molecule has 2 aliphatic rings. The normalized spacial score (nSPS) is 17.4. The summed E-state index contributed by atoms with van der Waals surface area (Å²) in [5, 5.41) is 3.03. The van der Waals surface area contributed by atoms with Crippen LogP contribution in [-0.2, 0) is 4.79 Å². The predicted octanol–water partition coefficient (Wildman–Crippen LogP) is 4.51. The first-order chi connectivity index (χ1) is 15.1. The number of piperidine rings is 1. The van der Waals surface area contributed by atoms with Crippen LogP contribution in [0.1, 0.15) is 48.9 Å². The molecule has 2 aromatic carbocycles. The molecule has 1 N–H and O–H groups in total. The second-order valence-corrected chi connectivity index (χ2v) is 8.31. The van der Waals surface area contributed by atoms with Crippen molar-refractivity contribution in [3.8, 4) is 11.5 Å². The number of benzene rings is 2. The van der Waals surface area contributed by atoms with E-state index in [-0.39, 0.29) is 23.8 Å². The summed E-state index contributed by atoms with van der Waals surface area (Å²) < 4.78 is 11.6. The maximum Gasteiger partial charge on any atom is 0.253 e. The second-order valence-electron chi connectivity index (χ2n) is 8.31. The number of likely N-dealkylation sites (tertiary alicyclic amines) is 1. The Morgan fingerprint density at radius 3 is 2.32 bits per heavy atom. The highest BCUT2D eigenvalue weighted by atomic mass is 16.5. The molecule has 6 nitrogen and oxygen atoms in total. The lowest BCUT2D eigenvalue weighted by atomic mass is 9.95. The van der Waals surface area contributed by atoms with Crippen molar-refractivity contribution in [3.05, 3.63) is 54.1 Å². The Morgan fingerprint density at radius 2 is 1.65 bits per heavy atom. The summed E-state index contributed by atoms with van der Waals surface area (Å²) >= 11 is 0. The van der Waals surface area contributed by atoms with E-state index >= 15 is 0 Å². The number of methoxy groups -OCH3 is 1. The molecule has 2 amide bonds.